The fraction of sp³-hybridized carbons (Fsp3) is 0.667. The zero-order chi connectivity index (χ0) is 12.0. The van der Waals surface area contributed by atoms with Gasteiger partial charge in [0.15, 0.2) is 0 Å². The van der Waals surface area contributed by atoms with Crippen LogP contribution in [-0.4, -0.2) is 42.8 Å². The van der Waals surface area contributed by atoms with Gasteiger partial charge in [0.25, 0.3) is 0 Å². The zero-order valence-electron chi connectivity index (χ0n) is 10.1. The molecule has 0 amide bonds. The predicted octanol–water partition coefficient (Wildman–Crippen LogP) is 0.772. The topological polar surface area (TPSA) is 62.6 Å². The summed E-state index contributed by atoms with van der Waals surface area (Å²) in [6.07, 6.45) is 1.21. The minimum atomic E-state index is -0.326. The second-order valence-electron chi connectivity index (χ2n) is 4.26. The molecule has 1 aromatic rings. The lowest BCUT2D eigenvalue weighted by Crippen LogP contribution is -2.32. The average molecular weight is 226 g/mol. The standard InChI is InChI=1S/C12H22N2O2/c1-10-3-4-12(16-10)6-8-14(2)9-11(15)5-7-13/h3-4,11,15H,5-9,13H2,1-2H3. The lowest BCUT2D eigenvalue weighted by atomic mass is 10.2. The van der Waals surface area contributed by atoms with Gasteiger partial charge < -0.3 is 20.2 Å². The molecule has 1 aromatic heterocycles. The second kappa shape index (κ2) is 6.68. The quantitative estimate of drug-likeness (QED) is 0.721. The van der Waals surface area contributed by atoms with Crippen LogP contribution in [0, 0.1) is 6.92 Å². The van der Waals surface area contributed by atoms with Gasteiger partial charge in [0.2, 0.25) is 0 Å². The van der Waals surface area contributed by atoms with Gasteiger partial charge in [-0.1, -0.05) is 0 Å². The van der Waals surface area contributed by atoms with E-state index in [4.69, 9.17) is 10.2 Å². The van der Waals surface area contributed by atoms with E-state index in [1.165, 1.54) is 0 Å². The van der Waals surface area contributed by atoms with Crippen LogP contribution in [0.2, 0.25) is 0 Å². The Morgan fingerprint density at radius 2 is 2.25 bits per heavy atom. The molecule has 0 aromatic carbocycles. The van der Waals surface area contributed by atoms with Gasteiger partial charge in [-0.25, -0.2) is 0 Å². The fourth-order valence-electron chi connectivity index (χ4n) is 1.66. The third kappa shape index (κ3) is 4.79. The molecule has 0 spiro atoms. The molecule has 0 aliphatic rings. The Kier molecular flexibility index (Phi) is 5.52. The number of aryl methyl sites for hydroxylation is 1. The Labute approximate surface area is 97.0 Å². The van der Waals surface area contributed by atoms with Crippen molar-refractivity contribution in [3.8, 4) is 0 Å². The molecule has 0 radical (unpaired) electrons. The summed E-state index contributed by atoms with van der Waals surface area (Å²) in [7, 11) is 2.00. The molecule has 16 heavy (non-hydrogen) atoms. The molecule has 0 aliphatic carbocycles. The van der Waals surface area contributed by atoms with Crippen molar-refractivity contribution in [2.45, 2.75) is 25.9 Å². The highest BCUT2D eigenvalue weighted by Gasteiger charge is 2.08. The van der Waals surface area contributed by atoms with Crippen LogP contribution in [0.3, 0.4) is 0 Å². The third-order valence-electron chi connectivity index (χ3n) is 2.56. The average Bonchev–Trinajstić information content (AvgIpc) is 2.61. The summed E-state index contributed by atoms with van der Waals surface area (Å²) in [5.41, 5.74) is 5.38. The monoisotopic (exact) mass is 226 g/mol. The molecular formula is C12H22N2O2. The summed E-state index contributed by atoms with van der Waals surface area (Å²) in [4.78, 5) is 2.10. The molecule has 1 heterocycles. The van der Waals surface area contributed by atoms with E-state index in [1.54, 1.807) is 0 Å². The maximum absolute atomic E-state index is 9.58. The van der Waals surface area contributed by atoms with Gasteiger partial charge in [0.05, 0.1) is 6.10 Å². The van der Waals surface area contributed by atoms with Crippen LogP contribution in [0.4, 0.5) is 0 Å². The van der Waals surface area contributed by atoms with Gasteiger partial charge >= 0.3 is 0 Å². The Hall–Kier alpha value is -0.840. The number of aliphatic hydroxyl groups is 1. The van der Waals surface area contributed by atoms with E-state index in [2.05, 4.69) is 4.90 Å². The molecule has 0 saturated carbocycles. The van der Waals surface area contributed by atoms with Crippen LogP contribution >= 0.6 is 0 Å². The maximum atomic E-state index is 9.58. The Morgan fingerprint density at radius 3 is 2.81 bits per heavy atom. The van der Waals surface area contributed by atoms with Crippen molar-refractivity contribution >= 4 is 0 Å². The largest absolute Gasteiger partial charge is 0.466 e. The lowest BCUT2D eigenvalue weighted by Gasteiger charge is -2.19. The van der Waals surface area contributed by atoms with E-state index in [-0.39, 0.29) is 6.10 Å². The first kappa shape index (κ1) is 13.2. The molecule has 1 atom stereocenters. The van der Waals surface area contributed by atoms with E-state index in [0.717, 1.165) is 24.5 Å². The van der Waals surface area contributed by atoms with E-state index in [1.807, 2.05) is 26.1 Å². The van der Waals surface area contributed by atoms with Crippen LogP contribution in [0.15, 0.2) is 16.5 Å². The summed E-state index contributed by atoms with van der Waals surface area (Å²) in [5.74, 6) is 1.94. The molecule has 0 bridgehead atoms. The summed E-state index contributed by atoms with van der Waals surface area (Å²) in [6.45, 7) is 4.02. The molecule has 0 aliphatic heterocycles. The smallest absolute Gasteiger partial charge is 0.105 e. The van der Waals surface area contributed by atoms with E-state index >= 15 is 0 Å². The summed E-state index contributed by atoms with van der Waals surface area (Å²) in [5, 5.41) is 9.58. The van der Waals surface area contributed by atoms with Gasteiger partial charge in [-0.3, -0.25) is 0 Å². The number of furan rings is 1. The van der Waals surface area contributed by atoms with Crippen molar-refractivity contribution < 1.29 is 9.52 Å². The van der Waals surface area contributed by atoms with Crippen molar-refractivity contribution in [2.24, 2.45) is 5.73 Å². The van der Waals surface area contributed by atoms with Gasteiger partial charge in [-0.05, 0) is 39.1 Å². The zero-order valence-corrected chi connectivity index (χ0v) is 10.1. The first-order valence-corrected chi connectivity index (χ1v) is 5.74. The molecule has 1 unspecified atom stereocenters. The molecular weight excluding hydrogens is 204 g/mol. The number of nitrogens with two attached hydrogens (primary N) is 1. The number of nitrogens with zero attached hydrogens (tertiary/aromatic N) is 1. The normalized spacial score (nSPS) is 13.3. The Balaban J connectivity index is 2.22. The number of likely N-dealkylation sites (N-methyl/N-ethyl adjacent to an activating group) is 1. The Morgan fingerprint density at radius 1 is 1.50 bits per heavy atom. The summed E-state index contributed by atoms with van der Waals surface area (Å²) in [6, 6.07) is 3.97. The highest BCUT2D eigenvalue weighted by Crippen LogP contribution is 2.07. The fourth-order valence-corrected chi connectivity index (χ4v) is 1.66. The second-order valence-corrected chi connectivity index (χ2v) is 4.26. The number of rotatable bonds is 7. The van der Waals surface area contributed by atoms with Crippen LogP contribution in [0.5, 0.6) is 0 Å². The highest BCUT2D eigenvalue weighted by molar-refractivity contribution is 5.05. The minimum absolute atomic E-state index is 0.326. The van der Waals surface area contributed by atoms with Crippen molar-refractivity contribution in [3.05, 3.63) is 23.7 Å². The first-order chi connectivity index (χ1) is 7.61. The van der Waals surface area contributed by atoms with Crippen LogP contribution in [0.1, 0.15) is 17.9 Å². The van der Waals surface area contributed by atoms with Gasteiger partial charge in [-0.2, -0.15) is 0 Å². The molecule has 3 N–H and O–H groups in total. The minimum Gasteiger partial charge on any atom is -0.466 e. The molecule has 92 valence electrons. The molecule has 4 heteroatoms. The van der Waals surface area contributed by atoms with Crippen molar-refractivity contribution in [1.29, 1.82) is 0 Å². The van der Waals surface area contributed by atoms with E-state index in [0.29, 0.717) is 19.5 Å². The Bertz CT molecular complexity index is 299. The molecule has 0 saturated heterocycles. The molecule has 4 nitrogen and oxygen atoms in total. The van der Waals surface area contributed by atoms with Crippen LogP contribution in [0.25, 0.3) is 0 Å². The molecule has 1 rings (SSSR count). The third-order valence-corrected chi connectivity index (χ3v) is 2.56. The molecule has 0 fully saturated rings. The van der Waals surface area contributed by atoms with E-state index in [9.17, 15) is 5.11 Å². The number of aliphatic hydroxyl groups excluding tert-OH is 1. The number of hydrogen-bond acceptors (Lipinski definition) is 4. The van der Waals surface area contributed by atoms with Gasteiger partial charge in [-0.15, -0.1) is 0 Å². The highest BCUT2D eigenvalue weighted by atomic mass is 16.3. The maximum Gasteiger partial charge on any atom is 0.105 e. The van der Waals surface area contributed by atoms with Crippen molar-refractivity contribution in [3.63, 3.8) is 0 Å². The SMILES string of the molecule is Cc1ccc(CCN(C)CC(O)CCN)o1. The first-order valence-electron chi connectivity index (χ1n) is 5.74. The number of hydrogen-bond donors (Lipinski definition) is 2. The summed E-state index contributed by atoms with van der Waals surface area (Å²) >= 11 is 0. The predicted molar refractivity (Wildman–Crippen MR) is 64.3 cm³/mol. The summed E-state index contributed by atoms with van der Waals surface area (Å²) < 4.78 is 5.48. The van der Waals surface area contributed by atoms with Crippen LogP contribution in [-0.2, 0) is 6.42 Å². The van der Waals surface area contributed by atoms with Crippen LogP contribution < -0.4 is 5.73 Å². The lowest BCUT2D eigenvalue weighted by molar-refractivity contribution is 0.120. The van der Waals surface area contributed by atoms with Gasteiger partial charge in [0.1, 0.15) is 11.5 Å². The van der Waals surface area contributed by atoms with Gasteiger partial charge in [0, 0.05) is 19.5 Å². The van der Waals surface area contributed by atoms with Crippen molar-refractivity contribution in [1.82, 2.24) is 4.90 Å². The van der Waals surface area contributed by atoms with E-state index < -0.39 is 0 Å². The van der Waals surface area contributed by atoms with Crippen molar-refractivity contribution in [2.75, 3.05) is 26.7 Å².